The van der Waals surface area contributed by atoms with E-state index in [-0.39, 0.29) is 6.10 Å². The van der Waals surface area contributed by atoms with E-state index in [0.717, 1.165) is 17.0 Å². The van der Waals surface area contributed by atoms with Gasteiger partial charge in [0.05, 0.1) is 12.2 Å². The summed E-state index contributed by atoms with van der Waals surface area (Å²) in [5, 5.41) is 13.3. The first-order valence-corrected chi connectivity index (χ1v) is 7.08. The van der Waals surface area contributed by atoms with E-state index in [4.69, 9.17) is 10.5 Å². The van der Waals surface area contributed by atoms with Gasteiger partial charge in [0, 0.05) is 30.1 Å². The van der Waals surface area contributed by atoms with Gasteiger partial charge in [-0.3, -0.25) is 0 Å². The lowest BCUT2D eigenvalue weighted by molar-refractivity contribution is 0.191. The number of anilines is 2. The Morgan fingerprint density at radius 2 is 1.86 bits per heavy atom. The highest BCUT2D eigenvalue weighted by atomic mass is 16.5. The molecule has 0 radical (unpaired) electrons. The van der Waals surface area contributed by atoms with E-state index >= 15 is 0 Å². The van der Waals surface area contributed by atoms with E-state index in [1.165, 1.54) is 0 Å². The number of benzene rings is 2. The lowest BCUT2D eigenvalue weighted by atomic mass is 10.1. The number of hydrogen-bond donors (Lipinski definition) is 3. The lowest BCUT2D eigenvalue weighted by Gasteiger charge is -2.16. The molecule has 0 spiro atoms. The SMILES string of the molecule is CC(C)Oc1cc(N)cc(NCC(O)c2ccccc2)c1. The Bertz CT molecular complexity index is 570. The molecule has 2 rings (SSSR count). The van der Waals surface area contributed by atoms with Crippen molar-refractivity contribution >= 4 is 11.4 Å². The fourth-order valence-corrected chi connectivity index (χ4v) is 2.07. The minimum atomic E-state index is -0.568. The molecule has 0 fully saturated rings. The summed E-state index contributed by atoms with van der Waals surface area (Å²) in [6.45, 7) is 4.35. The number of rotatable bonds is 6. The zero-order chi connectivity index (χ0) is 15.2. The molecule has 4 heteroatoms. The normalized spacial score (nSPS) is 12.2. The van der Waals surface area contributed by atoms with Crippen molar-refractivity contribution in [3.05, 3.63) is 54.1 Å². The first-order valence-electron chi connectivity index (χ1n) is 7.08. The van der Waals surface area contributed by atoms with Crippen LogP contribution in [-0.2, 0) is 0 Å². The molecule has 0 saturated heterocycles. The largest absolute Gasteiger partial charge is 0.491 e. The summed E-state index contributed by atoms with van der Waals surface area (Å²) in [7, 11) is 0. The zero-order valence-corrected chi connectivity index (χ0v) is 12.4. The summed E-state index contributed by atoms with van der Waals surface area (Å²) < 4.78 is 5.64. The summed E-state index contributed by atoms with van der Waals surface area (Å²) >= 11 is 0. The monoisotopic (exact) mass is 286 g/mol. The minimum absolute atomic E-state index is 0.0922. The van der Waals surface area contributed by atoms with E-state index in [9.17, 15) is 5.11 Å². The third-order valence-electron chi connectivity index (χ3n) is 2.98. The Balaban J connectivity index is 2.01. The quantitative estimate of drug-likeness (QED) is 0.713. The Morgan fingerprint density at radius 3 is 2.52 bits per heavy atom. The second kappa shape index (κ2) is 6.99. The van der Waals surface area contributed by atoms with E-state index < -0.39 is 6.10 Å². The van der Waals surface area contributed by atoms with Crippen molar-refractivity contribution in [2.45, 2.75) is 26.1 Å². The molecule has 0 bridgehead atoms. The summed E-state index contributed by atoms with van der Waals surface area (Å²) in [6, 6.07) is 15.0. The maximum absolute atomic E-state index is 10.1. The van der Waals surface area contributed by atoms with E-state index in [0.29, 0.717) is 12.2 Å². The van der Waals surface area contributed by atoms with Crippen LogP contribution in [0.5, 0.6) is 5.75 Å². The topological polar surface area (TPSA) is 67.5 Å². The highest BCUT2D eigenvalue weighted by molar-refractivity contribution is 5.59. The maximum Gasteiger partial charge on any atom is 0.123 e. The average Bonchev–Trinajstić information content (AvgIpc) is 2.44. The summed E-state index contributed by atoms with van der Waals surface area (Å²) in [5.74, 6) is 0.724. The predicted octanol–water partition coefficient (Wildman–Crippen LogP) is 3.20. The van der Waals surface area contributed by atoms with Gasteiger partial charge >= 0.3 is 0 Å². The smallest absolute Gasteiger partial charge is 0.123 e. The van der Waals surface area contributed by atoms with Crippen molar-refractivity contribution in [1.29, 1.82) is 0 Å². The van der Waals surface area contributed by atoms with Crippen LogP contribution in [0.1, 0.15) is 25.5 Å². The molecule has 21 heavy (non-hydrogen) atoms. The van der Waals surface area contributed by atoms with Crippen molar-refractivity contribution in [2.24, 2.45) is 0 Å². The maximum atomic E-state index is 10.1. The van der Waals surface area contributed by atoms with Gasteiger partial charge in [-0.15, -0.1) is 0 Å². The van der Waals surface area contributed by atoms with Crippen molar-refractivity contribution in [1.82, 2.24) is 0 Å². The number of nitrogens with two attached hydrogens (primary N) is 1. The van der Waals surface area contributed by atoms with Crippen molar-refractivity contribution in [2.75, 3.05) is 17.6 Å². The third kappa shape index (κ3) is 4.68. The molecule has 0 heterocycles. The summed E-state index contributed by atoms with van der Waals surface area (Å²) in [4.78, 5) is 0. The summed E-state index contributed by atoms with van der Waals surface area (Å²) in [5.41, 5.74) is 8.22. The summed E-state index contributed by atoms with van der Waals surface area (Å²) in [6.07, 6.45) is -0.475. The van der Waals surface area contributed by atoms with Gasteiger partial charge in [-0.25, -0.2) is 0 Å². The Kier molecular flexibility index (Phi) is 5.06. The first kappa shape index (κ1) is 15.2. The van der Waals surface area contributed by atoms with Crippen LogP contribution in [0, 0.1) is 0 Å². The fourth-order valence-electron chi connectivity index (χ4n) is 2.07. The highest BCUT2D eigenvalue weighted by Crippen LogP contribution is 2.24. The van der Waals surface area contributed by atoms with Gasteiger partial charge in [-0.05, 0) is 25.5 Å². The zero-order valence-electron chi connectivity index (χ0n) is 12.4. The van der Waals surface area contributed by atoms with Crippen molar-refractivity contribution in [3.63, 3.8) is 0 Å². The molecule has 0 aliphatic heterocycles. The number of aliphatic hydroxyl groups excluding tert-OH is 1. The Labute approximate surface area is 125 Å². The molecule has 4 nitrogen and oxygen atoms in total. The van der Waals surface area contributed by atoms with Gasteiger partial charge in [0.25, 0.3) is 0 Å². The third-order valence-corrected chi connectivity index (χ3v) is 2.98. The van der Waals surface area contributed by atoms with Crippen LogP contribution in [-0.4, -0.2) is 17.8 Å². The molecule has 2 aromatic carbocycles. The van der Waals surface area contributed by atoms with Gasteiger partial charge < -0.3 is 20.9 Å². The van der Waals surface area contributed by atoms with Crippen LogP contribution in [0.2, 0.25) is 0 Å². The van der Waals surface area contributed by atoms with Crippen molar-refractivity contribution < 1.29 is 9.84 Å². The fraction of sp³-hybridized carbons (Fsp3) is 0.294. The Hall–Kier alpha value is -2.20. The number of ether oxygens (including phenoxy) is 1. The van der Waals surface area contributed by atoms with E-state index in [1.807, 2.05) is 56.3 Å². The number of aliphatic hydroxyl groups is 1. The Morgan fingerprint density at radius 1 is 1.14 bits per heavy atom. The molecule has 0 saturated carbocycles. The molecule has 0 amide bonds. The molecule has 2 aromatic rings. The lowest BCUT2D eigenvalue weighted by Crippen LogP contribution is -2.12. The van der Waals surface area contributed by atoms with Crippen LogP contribution in [0.4, 0.5) is 11.4 Å². The molecule has 1 unspecified atom stereocenters. The second-order valence-corrected chi connectivity index (χ2v) is 5.26. The van der Waals surface area contributed by atoms with Crippen LogP contribution in [0.3, 0.4) is 0 Å². The first-order chi connectivity index (χ1) is 10.0. The molecule has 1 atom stereocenters. The van der Waals surface area contributed by atoms with Gasteiger partial charge in [0.15, 0.2) is 0 Å². The van der Waals surface area contributed by atoms with Gasteiger partial charge in [0.1, 0.15) is 5.75 Å². The van der Waals surface area contributed by atoms with Crippen LogP contribution >= 0.6 is 0 Å². The van der Waals surface area contributed by atoms with E-state index in [1.54, 1.807) is 6.07 Å². The number of hydrogen-bond acceptors (Lipinski definition) is 4. The van der Waals surface area contributed by atoms with Crippen LogP contribution in [0.25, 0.3) is 0 Å². The van der Waals surface area contributed by atoms with Crippen LogP contribution < -0.4 is 15.8 Å². The molecule has 0 aliphatic rings. The molecular formula is C17H22N2O2. The van der Waals surface area contributed by atoms with Gasteiger partial charge in [-0.1, -0.05) is 30.3 Å². The number of nitrogens with one attached hydrogen (secondary N) is 1. The molecule has 112 valence electrons. The number of nitrogen functional groups attached to an aromatic ring is 1. The van der Waals surface area contributed by atoms with Gasteiger partial charge in [0.2, 0.25) is 0 Å². The predicted molar refractivity (Wildman–Crippen MR) is 86.5 cm³/mol. The van der Waals surface area contributed by atoms with Crippen LogP contribution in [0.15, 0.2) is 48.5 Å². The van der Waals surface area contributed by atoms with Crippen molar-refractivity contribution in [3.8, 4) is 5.75 Å². The molecule has 0 aromatic heterocycles. The molecule has 0 aliphatic carbocycles. The van der Waals surface area contributed by atoms with E-state index in [2.05, 4.69) is 5.32 Å². The standard InChI is InChI=1S/C17H22N2O2/c1-12(2)21-16-9-14(18)8-15(10-16)19-11-17(20)13-6-4-3-5-7-13/h3-10,12,17,19-20H,11,18H2,1-2H3. The molecular weight excluding hydrogens is 264 g/mol. The average molecular weight is 286 g/mol. The molecule has 4 N–H and O–H groups in total. The highest BCUT2D eigenvalue weighted by Gasteiger charge is 2.07. The minimum Gasteiger partial charge on any atom is -0.491 e. The van der Waals surface area contributed by atoms with Gasteiger partial charge in [-0.2, -0.15) is 0 Å². The second-order valence-electron chi connectivity index (χ2n) is 5.26.